The highest BCUT2D eigenvalue weighted by atomic mass is 127. The number of halogens is 1. The van der Waals surface area contributed by atoms with Crippen LogP contribution in [0, 0.1) is 3.70 Å². The Bertz CT molecular complexity index is 564. The third-order valence-electron chi connectivity index (χ3n) is 3.32. The average molecular weight is 343 g/mol. The quantitative estimate of drug-likeness (QED) is 0.794. The summed E-state index contributed by atoms with van der Waals surface area (Å²) in [6.45, 7) is 2.20. The number of nitrogens with two attached hydrogens (primary N) is 1. The largest absolute Gasteiger partial charge is 0.382 e. The molecule has 1 aliphatic rings. The SMILES string of the molecule is CN1CC[C@H](c2nc(I)c3c(N)nccn23)C1. The van der Waals surface area contributed by atoms with E-state index in [1.54, 1.807) is 6.20 Å². The fourth-order valence-corrected chi connectivity index (χ4v) is 3.26. The Balaban J connectivity index is 2.14. The van der Waals surface area contributed by atoms with Gasteiger partial charge in [-0.15, -0.1) is 0 Å². The first-order valence-corrected chi connectivity index (χ1v) is 6.71. The predicted molar refractivity (Wildman–Crippen MR) is 75.0 cm³/mol. The summed E-state index contributed by atoms with van der Waals surface area (Å²) >= 11 is 2.23. The van der Waals surface area contributed by atoms with E-state index in [9.17, 15) is 0 Å². The Labute approximate surface area is 113 Å². The van der Waals surface area contributed by atoms with Gasteiger partial charge < -0.3 is 10.6 Å². The number of nitrogen functional groups attached to an aromatic ring is 1. The van der Waals surface area contributed by atoms with Crippen molar-refractivity contribution in [1.29, 1.82) is 0 Å². The smallest absolute Gasteiger partial charge is 0.150 e. The molecule has 5 nitrogen and oxygen atoms in total. The molecule has 2 aromatic heterocycles. The molecule has 0 radical (unpaired) electrons. The lowest BCUT2D eigenvalue weighted by Gasteiger charge is -2.09. The molecule has 1 saturated heterocycles. The van der Waals surface area contributed by atoms with E-state index < -0.39 is 0 Å². The molecule has 0 spiro atoms. The molecule has 0 amide bonds. The van der Waals surface area contributed by atoms with Crippen molar-refractivity contribution >= 4 is 33.9 Å². The number of rotatable bonds is 1. The summed E-state index contributed by atoms with van der Waals surface area (Å²) in [5.41, 5.74) is 6.85. The first kappa shape index (κ1) is 11.2. The average Bonchev–Trinajstić information content (AvgIpc) is 2.84. The molecule has 1 atom stereocenters. The number of likely N-dealkylation sites (tertiary alicyclic amines) is 1. The molecule has 2 N–H and O–H groups in total. The highest BCUT2D eigenvalue weighted by Gasteiger charge is 2.26. The zero-order valence-corrected chi connectivity index (χ0v) is 11.8. The van der Waals surface area contributed by atoms with Gasteiger partial charge in [-0.05, 0) is 42.6 Å². The van der Waals surface area contributed by atoms with Crippen molar-refractivity contribution < 1.29 is 0 Å². The summed E-state index contributed by atoms with van der Waals surface area (Å²) < 4.78 is 3.03. The summed E-state index contributed by atoms with van der Waals surface area (Å²) in [7, 11) is 2.15. The molecule has 0 aromatic carbocycles. The van der Waals surface area contributed by atoms with Crippen molar-refractivity contribution in [3.05, 3.63) is 21.9 Å². The van der Waals surface area contributed by atoms with Crippen LogP contribution in [0.1, 0.15) is 18.2 Å². The van der Waals surface area contributed by atoms with E-state index in [0.717, 1.165) is 34.6 Å². The molecule has 17 heavy (non-hydrogen) atoms. The third kappa shape index (κ3) is 1.79. The van der Waals surface area contributed by atoms with E-state index in [1.807, 2.05) is 6.20 Å². The summed E-state index contributed by atoms with van der Waals surface area (Å²) in [6.07, 6.45) is 4.85. The van der Waals surface area contributed by atoms with Gasteiger partial charge in [0, 0.05) is 24.9 Å². The maximum Gasteiger partial charge on any atom is 0.150 e. The second kappa shape index (κ2) is 4.09. The monoisotopic (exact) mass is 343 g/mol. The highest BCUT2D eigenvalue weighted by Crippen LogP contribution is 2.29. The normalized spacial score (nSPS) is 21.4. The lowest BCUT2D eigenvalue weighted by Crippen LogP contribution is -2.14. The molecule has 90 valence electrons. The fourth-order valence-electron chi connectivity index (χ4n) is 2.48. The van der Waals surface area contributed by atoms with Gasteiger partial charge >= 0.3 is 0 Å². The van der Waals surface area contributed by atoms with Gasteiger partial charge in [0.15, 0.2) is 5.82 Å². The number of anilines is 1. The summed E-state index contributed by atoms with van der Waals surface area (Å²) in [5.74, 6) is 2.17. The zero-order valence-electron chi connectivity index (χ0n) is 9.60. The van der Waals surface area contributed by atoms with Crippen molar-refractivity contribution in [3.8, 4) is 0 Å². The number of imidazole rings is 1. The van der Waals surface area contributed by atoms with E-state index in [4.69, 9.17) is 5.73 Å². The highest BCUT2D eigenvalue weighted by molar-refractivity contribution is 14.1. The Morgan fingerprint density at radius 1 is 1.53 bits per heavy atom. The third-order valence-corrected chi connectivity index (χ3v) is 4.08. The van der Waals surface area contributed by atoms with Gasteiger partial charge in [-0.3, -0.25) is 4.40 Å². The van der Waals surface area contributed by atoms with Crippen LogP contribution in [0.25, 0.3) is 5.52 Å². The van der Waals surface area contributed by atoms with E-state index in [1.165, 1.54) is 0 Å². The van der Waals surface area contributed by atoms with E-state index in [-0.39, 0.29) is 0 Å². The molecule has 2 aromatic rings. The van der Waals surface area contributed by atoms with Gasteiger partial charge in [0.1, 0.15) is 15.0 Å². The Morgan fingerprint density at radius 2 is 2.35 bits per heavy atom. The van der Waals surface area contributed by atoms with Gasteiger partial charge in [-0.25, -0.2) is 9.97 Å². The van der Waals surface area contributed by atoms with Crippen LogP contribution in [0.5, 0.6) is 0 Å². The van der Waals surface area contributed by atoms with E-state index in [2.05, 4.69) is 48.9 Å². The lowest BCUT2D eigenvalue weighted by molar-refractivity contribution is 0.409. The van der Waals surface area contributed by atoms with Gasteiger partial charge in [0.05, 0.1) is 0 Å². The number of aromatic nitrogens is 3. The van der Waals surface area contributed by atoms with Crippen LogP contribution in [0.4, 0.5) is 5.82 Å². The summed E-state index contributed by atoms with van der Waals surface area (Å²) in [4.78, 5) is 11.1. The molecule has 3 rings (SSSR count). The Morgan fingerprint density at radius 3 is 3.06 bits per heavy atom. The molecular weight excluding hydrogens is 329 g/mol. The van der Waals surface area contributed by atoms with E-state index >= 15 is 0 Å². The minimum Gasteiger partial charge on any atom is -0.382 e. The number of hydrogen-bond donors (Lipinski definition) is 1. The van der Waals surface area contributed by atoms with Crippen LogP contribution in [0.3, 0.4) is 0 Å². The maximum atomic E-state index is 5.91. The summed E-state index contributed by atoms with van der Waals surface area (Å²) in [5, 5.41) is 0. The number of likely N-dealkylation sites (N-methyl/N-ethyl adjacent to an activating group) is 1. The van der Waals surface area contributed by atoms with Crippen LogP contribution in [0.2, 0.25) is 0 Å². The summed E-state index contributed by atoms with van der Waals surface area (Å²) in [6, 6.07) is 0. The lowest BCUT2D eigenvalue weighted by atomic mass is 10.1. The van der Waals surface area contributed by atoms with Gasteiger partial charge in [0.2, 0.25) is 0 Å². The Hall–Kier alpha value is -0.890. The minimum atomic E-state index is 0.498. The molecule has 0 unspecified atom stereocenters. The zero-order chi connectivity index (χ0) is 12.0. The second-order valence-electron chi connectivity index (χ2n) is 4.54. The van der Waals surface area contributed by atoms with Crippen molar-refractivity contribution in [2.45, 2.75) is 12.3 Å². The van der Waals surface area contributed by atoms with Crippen molar-refractivity contribution in [2.24, 2.45) is 0 Å². The van der Waals surface area contributed by atoms with E-state index in [0.29, 0.717) is 11.7 Å². The molecule has 1 aliphatic heterocycles. The predicted octanol–water partition coefficient (Wildman–Crippen LogP) is 1.34. The van der Waals surface area contributed by atoms with Crippen LogP contribution >= 0.6 is 22.6 Å². The standard InChI is InChI=1S/C11H14IN5/c1-16-4-2-7(6-16)11-15-9(12)8-10(13)14-3-5-17(8)11/h3,5,7H,2,4,6H2,1H3,(H2,13,14)/t7-/m0/s1. The van der Waals surface area contributed by atoms with Gasteiger partial charge in [0.25, 0.3) is 0 Å². The molecule has 0 saturated carbocycles. The first-order valence-electron chi connectivity index (χ1n) is 5.63. The molecule has 6 heteroatoms. The number of nitrogens with zero attached hydrogens (tertiary/aromatic N) is 4. The van der Waals surface area contributed by atoms with Crippen LogP contribution in [-0.4, -0.2) is 39.4 Å². The topological polar surface area (TPSA) is 59.5 Å². The van der Waals surface area contributed by atoms with Gasteiger partial charge in [-0.2, -0.15) is 0 Å². The Kier molecular flexibility index (Phi) is 2.70. The molecule has 0 aliphatic carbocycles. The van der Waals surface area contributed by atoms with Crippen molar-refractivity contribution in [2.75, 3.05) is 25.9 Å². The first-order chi connectivity index (χ1) is 8.16. The van der Waals surface area contributed by atoms with Crippen LogP contribution in [-0.2, 0) is 0 Å². The number of fused-ring (bicyclic) bond motifs is 1. The van der Waals surface area contributed by atoms with Crippen LogP contribution in [0.15, 0.2) is 12.4 Å². The molecule has 1 fully saturated rings. The second-order valence-corrected chi connectivity index (χ2v) is 5.56. The van der Waals surface area contributed by atoms with Gasteiger partial charge in [-0.1, -0.05) is 0 Å². The van der Waals surface area contributed by atoms with Crippen molar-refractivity contribution in [1.82, 2.24) is 19.3 Å². The fraction of sp³-hybridized carbons (Fsp3) is 0.455. The van der Waals surface area contributed by atoms with Crippen molar-refractivity contribution in [3.63, 3.8) is 0 Å². The van der Waals surface area contributed by atoms with Crippen LogP contribution < -0.4 is 5.73 Å². The minimum absolute atomic E-state index is 0.498. The number of hydrogen-bond acceptors (Lipinski definition) is 4. The molecular formula is C11H14IN5. The molecule has 0 bridgehead atoms. The maximum absolute atomic E-state index is 5.91. The molecule has 3 heterocycles.